The molecule has 0 aliphatic carbocycles. The van der Waals surface area contributed by atoms with E-state index in [0.717, 1.165) is 25.9 Å². The lowest BCUT2D eigenvalue weighted by atomic mass is 10.00. The molecule has 1 aliphatic rings. The summed E-state index contributed by atoms with van der Waals surface area (Å²) in [6, 6.07) is 0. The van der Waals surface area contributed by atoms with Crippen molar-refractivity contribution in [2.24, 2.45) is 5.92 Å². The van der Waals surface area contributed by atoms with Crippen LogP contribution < -0.4 is 10.6 Å². The Balaban J connectivity index is 1.94. The largest absolute Gasteiger partial charge is 0.448 e. The monoisotopic (exact) mass is 251 g/mol. The number of nitrogens with zero attached hydrogens (tertiary/aromatic N) is 1. The van der Waals surface area contributed by atoms with Gasteiger partial charge in [-0.15, -0.1) is 0 Å². The lowest BCUT2D eigenvalue weighted by molar-refractivity contribution is 0.0944. The predicted octanol–water partition coefficient (Wildman–Crippen LogP) is 1.53. The fraction of sp³-hybridized carbons (Fsp3) is 0.692. The molecule has 0 saturated carbocycles. The number of carbonyl (C=O) groups is 1. The summed E-state index contributed by atoms with van der Waals surface area (Å²) in [4.78, 5) is 16.1. The number of oxazole rings is 1. The van der Waals surface area contributed by atoms with Crippen LogP contribution in [0.2, 0.25) is 0 Å². The minimum absolute atomic E-state index is 0.150. The molecule has 1 fully saturated rings. The number of amides is 1. The number of aromatic nitrogens is 1. The molecule has 0 aromatic carbocycles. The fourth-order valence-electron chi connectivity index (χ4n) is 2.03. The lowest BCUT2D eigenvalue weighted by Gasteiger charge is -2.19. The highest BCUT2D eigenvalue weighted by molar-refractivity contribution is 5.91. The van der Waals surface area contributed by atoms with E-state index in [4.69, 9.17) is 4.42 Å². The topological polar surface area (TPSA) is 67.2 Å². The molecule has 2 heterocycles. The van der Waals surface area contributed by atoms with Crippen molar-refractivity contribution in [2.45, 2.75) is 32.6 Å². The second-order valence-electron chi connectivity index (χ2n) is 5.22. The van der Waals surface area contributed by atoms with Gasteiger partial charge in [-0.3, -0.25) is 4.79 Å². The highest BCUT2D eigenvalue weighted by Gasteiger charge is 2.21. The molecule has 1 saturated heterocycles. The van der Waals surface area contributed by atoms with Crippen molar-refractivity contribution in [1.29, 1.82) is 0 Å². The molecule has 5 heteroatoms. The van der Waals surface area contributed by atoms with Crippen LogP contribution in [0.4, 0.5) is 0 Å². The molecule has 1 aromatic heterocycles. The lowest BCUT2D eigenvalue weighted by Crippen LogP contribution is -2.29. The minimum Gasteiger partial charge on any atom is -0.448 e. The summed E-state index contributed by atoms with van der Waals surface area (Å²) < 4.78 is 5.42. The maximum Gasteiger partial charge on any atom is 0.273 e. The summed E-state index contributed by atoms with van der Waals surface area (Å²) in [5.74, 6) is 1.26. The zero-order valence-corrected chi connectivity index (χ0v) is 11.0. The summed E-state index contributed by atoms with van der Waals surface area (Å²) in [6.07, 6.45) is 3.65. The Bertz CT molecular complexity index is 395. The first kappa shape index (κ1) is 13.1. The Morgan fingerprint density at radius 1 is 1.67 bits per heavy atom. The van der Waals surface area contributed by atoms with Gasteiger partial charge in [-0.2, -0.15) is 0 Å². The summed E-state index contributed by atoms with van der Waals surface area (Å²) in [5.41, 5.74) is 0.385. The molecule has 5 nitrogen and oxygen atoms in total. The summed E-state index contributed by atoms with van der Waals surface area (Å²) in [7, 11) is 0. The van der Waals surface area contributed by atoms with E-state index in [9.17, 15) is 4.79 Å². The molecule has 18 heavy (non-hydrogen) atoms. The first-order valence-corrected chi connectivity index (χ1v) is 6.61. The molecule has 0 radical (unpaired) electrons. The van der Waals surface area contributed by atoms with Crippen LogP contribution in [0, 0.1) is 5.92 Å². The van der Waals surface area contributed by atoms with E-state index in [1.807, 2.05) is 0 Å². The van der Waals surface area contributed by atoms with Gasteiger partial charge in [0.2, 0.25) is 0 Å². The minimum atomic E-state index is -0.150. The van der Waals surface area contributed by atoms with Crippen LogP contribution in [0.25, 0.3) is 0 Å². The number of nitrogens with one attached hydrogen (secondary N) is 2. The third-order valence-electron chi connectivity index (χ3n) is 3.07. The number of hydrogen-bond donors (Lipinski definition) is 2. The van der Waals surface area contributed by atoms with Gasteiger partial charge >= 0.3 is 0 Å². The molecule has 0 spiro atoms. The van der Waals surface area contributed by atoms with E-state index >= 15 is 0 Å². The van der Waals surface area contributed by atoms with Gasteiger partial charge in [-0.1, -0.05) is 13.8 Å². The van der Waals surface area contributed by atoms with E-state index in [0.29, 0.717) is 30.0 Å². The normalized spacial score (nSPS) is 20.1. The van der Waals surface area contributed by atoms with Crippen LogP contribution in [-0.2, 0) is 0 Å². The van der Waals surface area contributed by atoms with Crippen LogP contribution in [0.5, 0.6) is 0 Å². The number of rotatable bonds is 4. The Morgan fingerprint density at radius 3 is 3.17 bits per heavy atom. The molecule has 2 N–H and O–H groups in total. The SMILES string of the molecule is CC(C)CNC(=O)c1coc(C2CCCNC2)n1. The van der Waals surface area contributed by atoms with Crippen LogP contribution in [0.1, 0.15) is 49.0 Å². The first-order valence-electron chi connectivity index (χ1n) is 6.61. The molecule has 0 bridgehead atoms. The average molecular weight is 251 g/mol. The molecule has 1 unspecified atom stereocenters. The zero-order valence-electron chi connectivity index (χ0n) is 11.0. The van der Waals surface area contributed by atoms with Gasteiger partial charge in [0.25, 0.3) is 5.91 Å². The summed E-state index contributed by atoms with van der Waals surface area (Å²) >= 11 is 0. The van der Waals surface area contributed by atoms with Crippen molar-refractivity contribution in [3.63, 3.8) is 0 Å². The van der Waals surface area contributed by atoms with Crippen LogP contribution in [-0.4, -0.2) is 30.5 Å². The molecule has 100 valence electrons. The van der Waals surface area contributed by atoms with Crippen molar-refractivity contribution < 1.29 is 9.21 Å². The summed E-state index contributed by atoms with van der Waals surface area (Å²) in [6.45, 7) is 6.71. The number of carbonyl (C=O) groups excluding carboxylic acids is 1. The average Bonchev–Trinajstić information content (AvgIpc) is 2.86. The fourth-order valence-corrected chi connectivity index (χ4v) is 2.03. The van der Waals surface area contributed by atoms with Crippen molar-refractivity contribution in [3.8, 4) is 0 Å². The van der Waals surface area contributed by atoms with E-state index < -0.39 is 0 Å². The maximum atomic E-state index is 11.8. The standard InChI is InChI=1S/C13H21N3O2/c1-9(2)6-15-12(17)11-8-18-13(16-11)10-4-3-5-14-7-10/h8-10,14H,3-7H2,1-2H3,(H,15,17). The van der Waals surface area contributed by atoms with Gasteiger partial charge in [-0.25, -0.2) is 4.98 Å². The second kappa shape index (κ2) is 6.00. The molecule has 1 amide bonds. The molecule has 2 rings (SSSR count). The second-order valence-corrected chi connectivity index (χ2v) is 5.22. The van der Waals surface area contributed by atoms with Crippen molar-refractivity contribution >= 4 is 5.91 Å². The molecular formula is C13H21N3O2. The number of hydrogen-bond acceptors (Lipinski definition) is 4. The Kier molecular flexibility index (Phi) is 4.36. The van der Waals surface area contributed by atoms with Crippen molar-refractivity contribution in [2.75, 3.05) is 19.6 Å². The maximum absolute atomic E-state index is 11.8. The van der Waals surface area contributed by atoms with E-state index in [-0.39, 0.29) is 5.91 Å². The van der Waals surface area contributed by atoms with Crippen LogP contribution >= 0.6 is 0 Å². The van der Waals surface area contributed by atoms with Crippen molar-refractivity contribution in [1.82, 2.24) is 15.6 Å². The number of piperidine rings is 1. The predicted molar refractivity (Wildman–Crippen MR) is 68.5 cm³/mol. The van der Waals surface area contributed by atoms with E-state index in [1.54, 1.807) is 0 Å². The van der Waals surface area contributed by atoms with Gasteiger partial charge in [0.15, 0.2) is 11.6 Å². The molecule has 1 aromatic rings. The van der Waals surface area contributed by atoms with Gasteiger partial charge in [0.05, 0.1) is 0 Å². The highest BCUT2D eigenvalue weighted by atomic mass is 16.3. The van der Waals surface area contributed by atoms with E-state index in [2.05, 4.69) is 29.5 Å². The molecule has 1 aliphatic heterocycles. The van der Waals surface area contributed by atoms with Gasteiger partial charge in [0, 0.05) is 19.0 Å². The Hall–Kier alpha value is -1.36. The smallest absolute Gasteiger partial charge is 0.273 e. The van der Waals surface area contributed by atoms with Crippen molar-refractivity contribution in [3.05, 3.63) is 17.8 Å². The zero-order chi connectivity index (χ0) is 13.0. The quantitative estimate of drug-likeness (QED) is 0.851. The van der Waals surface area contributed by atoms with Gasteiger partial charge < -0.3 is 15.1 Å². The van der Waals surface area contributed by atoms with E-state index in [1.165, 1.54) is 6.26 Å². The van der Waals surface area contributed by atoms with Crippen LogP contribution in [0.3, 0.4) is 0 Å². The molecule has 1 atom stereocenters. The highest BCUT2D eigenvalue weighted by Crippen LogP contribution is 2.22. The summed E-state index contributed by atoms with van der Waals surface area (Å²) in [5, 5.41) is 6.15. The first-order chi connectivity index (χ1) is 8.66. The third kappa shape index (κ3) is 3.32. The molecular weight excluding hydrogens is 230 g/mol. The third-order valence-corrected chi connectivity index (χ3v) is 3.07. The van der Waals surface area contributed by atoms with Gasteiger partial charge in [-0.05, 0) is 25.3 Å². The van der Waals surface area contributed by atoms with Crippen LogP contribution in [0.15, 0.2) is 10.7 Å². The Morgan fingerprint density at radius 2 is 2.50 bits per heavy atom. The van der Waals surface area contributed by atoms with Gasteiger partial charge in [0.1, 0.15) is 6.26 Å². The Labute approximate surface area is 107 Å².